The minimum atomic E-state index is -0.205. The van der Waals surface area contributed by atoms with E-state index in [0.717, 1.165) is 17.7 Å². The molecule has 1 amide bonds. The highest BCUT2D eigenvalue weighted by molar-refractivity contribution is 6.42. The number of halogens is 3. The molecule has 8 heteroatoms. The van der Waals surface area contributed by atoms with E-state index in [2.05, 4.69) is 9.88 Å². The maximum atomic E-state index is 13.4. The fraction of sp³-hybridized carbons (Fsp3) is 0.333. The molecule has 0 radical (unpaired) electrons. The molecular formula is C27H28Cl3N3O2. The first-order valence-electron chi connectivity index (χ1n) is 11.5. The van der Waals surface area contributed by atoms with E-state index in [4.69, 9.17) is 39.5 Å². The van der Waals surface area contributed by atoms with Gasteiger partial charge in [-0.05, 0) is 62.5 Å². The van der Waals surface area contributed by atoms with E-state index in [-0.39, 0.29) is 23.8 Å². The molecule has 184 valence electrons. The number of benzene rings is 2. The van der Waals surface area contributed by atoms with Gasteiger partial charge in [-0.3, -0.25) is 4.79 Å². The fourth-order valence-electron chi connectivity index (χ4n) is 4.58. The van der Waals surface area contributed by atoms with Gasteiger partial charge in [-0.15, -0.1) is 0 Å². The molecule has 1 fully saturated rings. The highest BCUT2D eigenvalue weighted by atomic mass is 35.5. The molecule has 35 heavy (non-hydrogen) atoms. The smallest absolute Gasteiger partial charge is 0.253 e. The van der Waals surface area contributed by atoms with Crippen molar-refractivity contribution in [2.75, 3.05) is 27.2 Å². The second-order valence-corrected chi connectivity index (χ2v) is 10.5. The predicted molar refractivity (Wildman–Crippen MR) is 142 cm³/mol. The van der Waals surface area contributed by atoms with Crippen molar-refractivity contribution in [3.8, 4) is 5.88 Å². The minimum absolute atomic E-state index is 0.00535. The van der Waals surface area contributed by atoms with Gasteiger partial charge in [0.05, 0.1) is 15.1 Å². The highest BCUT2D eigenvalue weighted by Gasteiger charge is 2.40. The fourth-order valence-corrected chi connectivity index (χ4v) is 4.99. The number of carbonyl (C=O) groups is 1. The molecular weight excluding hydrogens is 505 g/mol. The van der Waals surface area contributed by atoms with Crippen molar-refractivity contribution >= 4 is 40.7 Å². The molecule has 0 bridgehead atoms. The van der Waals surface area contributed by atoms with Crippen LogP contribution >= 0.6 is 34.8 Å². The largest absolute Gasteiger partial charge is 0.474 e. The molecule has 5 nitrogen and oxygen atoms in total. The molecule has 1 saturated heterocycles. The van der Waals surface area contributed by atoms with Gasteiger partial charge < -0.3 is 14.5 Å². The number of likely N-dealkylation sites (tertiary alicyclic amines) is 1. The first kappa shape index (κ1) is 25.8. The third-order valence-electron chi connectivity index (χ3n) is 6.33. The Bertz CT molecular complexity index is 1170. The number of aromatic nitrogens is 1. The number of hydrogen-bond donors (Lipinski definition) is 0. The number of pyridine rings is 1. The zero-order valence-corrected chi connectivity index (χ0v) is 22.2. The number of hydrogen-bond acceptors (Lipinski definition) is 4. The summed E-state index contributed by atoms with van der Waals surface area (Å²) in [5.74, 6) is 0.563. The quantitative estimate of drug-likeness (QED) is 0.352. The van der Waals surface area contributed by atoms with Crippen molar-refractivity contribution in [1.82, 2.24) is 14.8 Å². The molecule has 3 aromatic rings. The summed E-state index contributed by atoms with van der Waals surface area (Å²) in [6.07, 6.45) is 1.35. The van der Waals surface area contributed by atoms with Crippen LogP contribution in [0.4, 0.5) is 0 Å². The Labute approximate surface area is 221 Å². The normalized spacial score (nSPS) is 18.7. The lowest BCUT2D eigenvalue weighted by atomic mass is 9.86. The summed E-state index contributed by atoms with van der Waals surface area (Å²) in [6.45, 7) is 3.95. The molecule has 1 aromatic heterocycles. The number of amides is 1. The van der Waals surface area contributed by atoms with Crippen molar-refractivity contribution in [3.05, 3.63) is 92.6 Å². The summed E-state index contributed by atoms with van der Waals surface area (Å²) >= 11 is 18.5. The second kappa shape index (κ2) is 11.2. The van der Waals surface area contributed by atoms with Crippen LogP contribution in [0.25, 0.3) is 0 Å². The monoisotopic (exact) mass is 531 g/mol. The van der Waals surface area contributed by atoms with Crippen molar-refractivity contribution < 1.29 is 9.53 Å². The summed E-state index contributed by atoms with van der Waals surface area (Å²) in [6, 6.07) is 17.0. The molecule has 4 rings (SSSR count). The lowest BCUT2D eigenvalue weighted by molar-refractivity contribution is 0.0769. The van der Waals surface area contributed by atoms with Crippen LogP contribution in [0.3, 0.4) is 0 Å². The molecule has 1 aliphatic heterocycles. The molecule has 0 aliphatic carbocycles. The maximum absolute atomic E-state index is 13.4. The van der Waals surface area contributed by atoms with Gasteiger partial charge in [-0.1, -0.05) is 53.0 Å². The molecule has 2 heterocycles. The summed E-state index contributed by atoms with van der Waals surface area (Å²) in [7, 11) is 4.05. The van der Waals surface area contributed by atoms with Gasteiger partial charge >= 0.3 is 0 Å². The van der Waals surface area contributed by atoms with Gasteiger partial charge in [0.2, 0.25) is 5.88 Å². The van der Waals surface area contributed by atoms with Crippen LogP contribution < -0.4 is 4.74 Å². The summed E-state index contributed by atoms with van der Waals surface area (Å²) in [4.78, 5) is 21.7. The van der Waals surface area contributed by atoms with Gasteiger partial charge in [0.25, 0.3) is 5.91 Å². The molecule has 1 aliphatic rings. The summed E-state index contributed by atoms with van der Waals surface area (Å²) in [5.41, 5.74) is 2.87. The Balaban J connectivity index is 1.57. The van der Waals surface area contributed by atoms with Gasteiger partial charge in [0, 0.05) is 49.3 Å². The Kier molecular flexibility index (Phi) is 8.23. The summed E-state index contributed by atoms with van der Waals surface area (Å²) in [5, 5.41) is 1.55. The SMILES string of the molecule is C[C@@H](Oc1ccc(Cl)cn1)[C@@H]1CN(C(=O)c2ccc(CN(C)C)cc2)C[C@H]1c1ccc(Cl)c(Cl)c1. The van der Waals surface area contributed by atoms with Crippen LogP contribution in [0.1, 0.15) is 34.3 Å². The lowest BCUT2D eigenvalue weighted by Gasteiger charge is -2.25. The number of rotatable bonds is 7. The first-order chi connectivity index (χ1) is 16.7. The summed E-state index contributed by atoms with van der Waals surface area (Å²) < 4.78 is 6.17. The van der Waals surface area contributed by atoms with E-state index in [0.29, 0.717) is 39.6 Å². The van der Waals surface area contributed by atoms with E-state index >= 15 is 0 Å². The van der Waals surface area contributed by atoms with Gasteiger partial charge in [-0.25, -0.2) is 4.98 Å². The third-order valence-corrected chi connectivity index (χ3v) is 7.30. The van der Waals surface area contributed by atoms with E-state index in [1.807, 2.05) is 62.3 Å². The molecule has 2 aromatic carbocycles. The standard InChI is InChI=1S/C27H28Cl3N3O2/c1-17(35-26-11-9-21(28)13-31-26)22-15-33(16-23(22)20-8-10-24(29)25(30)12-20)27(34)19-6-4-18(5-7-19)14-32(2)3/h4-13,17,22-23H,14-16H2,1-3H3/t17-,22+,23+/m1/s1. The Morgan fingerprint density at radius 2 is 1.80 bits per heavy atom. The van der Waals surface area contributed by atoms with Crippen LogP contribution in [0.5, 0.6) is 5.88 Å². The average molecular weight is 533 g/mol. The third kappa shape index (κ3) is 6.28. The van der Waals surface area contributed by atoms with Crippen molar-refractivity contribution in [2.45, 2.75) is 25.5 Å². The van der Waals surface area contributed by atoms with Gasteiger partial charge in [-0.2, -0.15) is 0 Å². The van der Waals surface area contributed by atoms with Crippen LogP contribution in [0, 0.1) is 5.92 Å². The van der Waals surface area contributed by atoms with Crippen LogP contribution in [-0.4, -0.2) is 54.0 Å². The Hall–Kier alpha value is -2.31. The minimum Gasteiger partial charge on any atom is -0.474 e. The Morgan fingerprint density at radius 3 is 2.43 bits per heavy atom. The predicted octanol–water partition coefficient (Wildman–Crippen LogP) is 6.43. The Morgan fingerprint density at radius 1 is 1.06 bits per heavy atom. The van der Waals surface area contributed by atoms with Crippen molar-refractivity contribution in [3.63, 3.8) is 0 Å². The van der Waals surface area contributed by atoms with Gasteiger partial charge in [0.15, 0.2) is 0 Å². The van der Waals surface area contributed by atoms with Crippen LogP contribution in [-0.2, 0) is 6.54 Å². The van der Waals surface area contributed by atoms with Gasteiger partial charge in [0.1, 0.15) is 6.10 Å². The van der Waals surface area contributed by atoms with E-state index < -0.39 is 0 Å². The maximum Gasteiger partial charge on any atom is 0.253 e. The molecule has 3 atom stereocenters. The first-order valence-corrected chi connectivity index (χ1v) is 12.6. The lowest BCUT2D eigenvalue weighted by Crippen LogP contribution is -2.32. The highest BCUT2D eigenvalue weighted by Crippen LogP contribution is 2.38. The van der Waals surface area contributed by atoms with E-state index in [9.17, 15) is 4.79 Å². The van der Waals surface area contributed by atoms with Crippen LogP contribution in [0.2, 0.25) is 15.1 Å². The van der Waals surface area contributed by atoms with Crippen LogP contribution in [0.15, 0.2) is 60.8 Å². The number of ether oxygens (including phenoxy) is 1. The second-order valence-electron chi connectivity index (χ2n) is 9.23. The topological polar surface area (TPSA) is 45.7 Å². The van der Waals surface area contributed by atoms with Crippen molar-refractivity contribution in [2.24, 2.45) is 5.92 Å². The number of nitrogens with zero attached hydrogens (tertiary/aromatic N) is 3. The van der Waals surface area contributed by atoms with E-state index in [1.165, 1.54) is 0 Å². The molecule has 0 unspecified atom stereocenters. The molecule has 0 saturated carbocycles. The average Bonchev–Trinajstić information content (AvgIpc) is 3.28. The zero-order valence-electron chi connectivity index (χ0n) is 19.9. The molecule has 0 spiro atoms. The van der Waals surface area contributed by atoms with E-state index in [1.54, 1.807) is 24.4 Å². The van der Waals surface area contributed by atoms with Crippen molar-refractivity contribution in [1.29, 1.82) is 0 Å². The number of carbonyl (C=O) groups excluding carboxylic acids is 1. The zero-order chi connectivity index (χ0) is 25.1. The molecule has 0 N–H and O–H groups in total.